The molecule has 0 N–H and O–H groups in total. The van der Waals surface area contributed by atoms with Crippen molar-refractivity contribution in [1.29, 1.82) is 0 Å². The minimum absolute atomic E-state index is 0.0923. The number of nitrogens with zero attached hydrogens (tertiary/aromatic N) is 1. The Hall–Kier alpha value is -2.20. The molecule has 164 valence electrons. The third kappa shape index (κ3) is 4.27. The lowest BCUT2D eigenvalue weighted by molar-refractivity contribution is -0.148. The maximum Gasteiger partial charge on any atom is 0.336 e. The fraction of sp³-hybridized carbons (Fsp3) is 0.333. The number of sulfonamides is 1. The molecule has 0 spiro atoms. The van der Waals surface area contributed by atoms with E-state index in [1.807, 2.05) is 19.9 Å². The molecule has 0 saturated carbocycles. The van der Waals surface area contributed by atoms with Crippen LogP contribution in [0.25, 0.3) is 11.0 Å². The van der Waals surface area contributed by atoms with E-state index in [0.717, 1.165) is 22.5 Å². The Morgan fingerprint density at radius 3 is 2.71 bits per heavy atom. The van der Waals surface area contributed by atoms with E-state index < -0.39 is 27.7 Å². The summed E-state index contributed by atoms with van der Waals surface area (Å²) < 4.78 is 38.2. The van der Waals surface area contributed by atoms with E-state index in [-0.39, 0.29) is 17.4 Å². The summed E-state index contributed by atoms with van der Waals surface area (Å²) in [4.78, 5) is 24.7. The van der Waals surface area contributed by atoms with Crippen LogP contribution in [-0.2, 0) is 26.2 Å². The molecule has 7 nitrogen and oxygen atoms in total. The Morgan fingerprint density at radius 2 is 2.00 bits per heavy atom. The largest absolute Gasteiger partial charge is 0.460 e. The van der Waals surface area contributed by atoms with Crippen LogP contribution in [0.4, 0.5) is 0 Å². The molecule has 1 aliphatic rings. The maximum atomic E-state index is 12.9. The summed E-state index contributed by atoms with van der Waals surface area (Å²) in [5.41, 5.74) is 2.38. The Bertz CT molecular complexity index is 1330. The predicted octanol–water partition coefficient (Wildman–Crippen LogP) is 4.02. The third-order valence-corrected chi connectivity index (χ3v) is 9.01. The molecule has 2 aromatic heterocycles. The van der Waals surface area contributed by atoms with Crippen LogP contribution in [0.2, 0.25) is 4.34 Å². The summed E-state index contributed by atoms with van der Waals surface area (Å²) in [5.74, 6) is -0.644. The third-order valence-electron chi connectivity index (χ3n) is 5.40. The smallest absolute Gasteiger partial charge is 0.336 e. The van der Waals surface area contributed by atoms with Gasteiger partial charge in [0, 0.05) is 23.6 Å². The first-order chi connectivity index (χ1) is 14.7. The van der Waals surface area contributed by atoms with Crippen LogP contribution in [0.3, 0.4) is 0 Å². The van der Waals surface area contributed by atoms with Crippen LogP contribution in [0.5, 0.6) is 0 Å². The van der Waals surface area contributed by atoms with Gasteiger partial charge < -0.3 is 9.15 Å². The van der Waals surface area contributed by atoms with Crippen molar-refractivity contribution in [3.8, 4) is 0 Å². The van der Waals surface area contributed by atoms with Crippen LogP contribution in [0.1, 0.15) is 29.5 Å². The average molecular weight is 482 g/mol. The van der Waals surface area contributed by atoms with Crippen molar-refractivity contribution in [2.75, 3.05) is 6.54 Å². The number of fused-ring (bicyclic) bond motifs is 1. The highest BCUT2D eigenvalue weighted by molar-refractivity contribution is 7.91. The van der Waals surface area contributed by atoms with Gasteiger partial charge in [0.15, 0.2) is 0 Å². The molecule has 1 atom stereocenters. The number of carbonyl (C=O) groups excluding carboxylic acids is 1. The van der Waals surface area contributed by atoms with E-state index in [1.54, 1.807) is 6.07 Å². The first-order valence-corrected chi connectivity index (χ1v) is 12.3. The van der Waals surface area contributed by atoms with Crippen LogP contribution in [0.15, 0.2) is 43.8 Å². The topological polar surface area (TPSA) is 93.9 Å². The molecule has 0 aliphatic carbocycles. The second-order valence-corrected chi connectivity index (χ2v) is 11.3. The van der Waals surface area contributed by atoms with E-state index in [4.69, 9.17) is 20.8 Å². The van der Waals surface area contributed by atoms with Gasteiger partial charge in [-0.1, -0.05) is 11.6 Å². The summed E-state index contributed by atoms with van der Waals surface area (Å²) >= 11 is 6.83. The molecular formula is C21H20ClNO6S2. The number of esters is 1. The Balaban J connectivity index is 1.56. The van der Waals surface area contributed by atoms with Gasteiger partial charge in [-0.25, -0.2) is 13.2 Å². The molecule has 10 heteroatoms. The number of aryl methyl sites for hydroxylation is 2. The Morgan fingerprint density at radius 1 is 1.26 bits per heavy atom. The quantitative estimate of drug-likeness (QED) is 0.403. The standard InChI is InChI=1S/C21H20ClNO6S2/c1-12-8-15-14(10-19(24)29-17(15)9-13(12)2)11-28-21(25)16-4-3-7-23(16)31(26,27)20-6-5-18(22)30-20/h5-6,8-10,16H,3-4,7,11H2,1-2H3. The van der Waals surface area contributed by atoms with Crippen molar-refractivity contribution in [2.24, 2.45) is 0 Å². The molecule has 1 fully saturated rings. The molecule has 4 rings (SSSR count). The van der Waals surface area contributed by atoms with Gasteiger partial charge in [0.2, 0.25) is 0 Å². The van der Waals surface area contributed by atoms with Gasteiger partial charge in [0.1, 0.15) is 22.4 Å². The van der Waals surface area contributed by atoms with Crippen molar-refractivity contribution in [3.05, 3.63) is 61.8 Å². The number of ether oxygens (including phenoxy) is 1. The van der Waals surface area contributed by atoms with Crippen LogP contribution in [-0.4, -0.2) is 31.3 Å². The Labute approximate surface area is 188 Å². The zero-order valence-electron chi connectivity index (χ0n) is 16.9. The molecule has 0 bridgehead atoms. The normalized spacial score (nSPS) is 17.3. The summed E-state index contributed by atoms with van der Waals surface area (Å²) in [6.45, 7) is 3.93. The van der Waals surface area contributed by atoms with Gasteiger partial charge in [-0.05, 0) is 62.1 Å². The van der Waals surface area contributed by atoms with E-state index in [9.17, 15) is 18.0 Å². The summed E-state index contributed by atoms with van der Waals surface area (Å²) in [5, 5.41) is 0.680. The highest BCUT2D eigenvalue weighted by Crippen LogP contribution is 2.32. The zero-order chi connectivity index (χ0) is 22.3. The average Bonchev–Trinajstić information content (AvgIpc) is 3.37. The first kappa shape index (κ1) is 22.0. The molecule has 3 aromatic rings. The second kappa shape index (κ2) is 8.38. The van der Waals surface area contributed by atoms with Crippen molar-refractivity contribution < 1.29 is 22.4 Å². The van der Waals surface area contributed by atoms with Crippen molar-refractivity contribution >= 4 is 49.9 Å². The zero-order valence-corrected chi connectivity index (χ0v) is 19.3. The van der Waals surface area contributed by atoms with Gasteiger partial charge in [0.25, 0.3) is 10.0 Å². The number of thiophene rings is 1. The Kier molecular flexibility index (Phi) is 5.95. The van der Waals surface area contributed by atoms with Gasteiger partial charge in [-0.2, -0.15) is 4.31 Å². The van der Waals surface area contributed by atoms with Crippen LogP contribution >= 0.6 is 22.9 Å². The first-order valence-electron chi connectivity index (χ1n) is 9.64. The number of benzene rings is 1. The molecule has 0 amide bonds. The lowest BCUT2D eigenvalue weighted by atomic mass is 10.0. The van der Waals surface area contributed by atoms with Crippen molar-refractivity contribution in [2.45, 2.75) is 43.5 Å². The highest BCUT2D eigenvalue weighted by Gasteiger charge is 2.41. The fourth-order valence-electron chi connectivity index (χ4n) is 3.66. The molecule has 31 heavy (non-hydrogen) atoms. The molecule has 1 aliphatic heterocycles. The van der Waals surface area contributed by atoms with Gasteiger partial charge in [-0.3, -0.25) is 4.79 Å². The maximum absolute atomic E-state index is 12.9. The van der Waals surface area contributed by atoms with E-state index in [0.29, 0.717) is 33.7 Å². The molecule has 1 aromatic carbocycles. The lowest BCUT2D eigenvalue weighted by Crippen LogP contribution is -2.41. The number of hydrogen-bond donors (Lipinski definition) is 0. The van der Waals surface area contributed by atoms with Gasteiger partial charge in [0.05, 0.1) is 4.34 Å². The van der Waals surface area contributed by atoms with Gasteiger partial charge in [-0.15, -0.1) is 11.3 Å². The van der Waals surface area contributed by atoms with Crippen molar-refractivity contribution in [1.82, 2.24) is 4.31 Å². The van der Waals surface area contributed by atoms with Crippen molar-refractivity contribution in [3.63, 3.8) is 0 Å². The lowest BCUT2D eigenvalue weighted by Gasteiger charge is -2.22. The predicted molar refractivity (Wildman–Crippen MR) is 118 cm³/mol. The monoisotopic (exact) mass is 481 g/mol. The number of carbonyl (C=O) groups is 1. The van der Waals surface area contributed by atoms with Gasteiger partial charge >= 0.3 is 11.6 Å². The summed E-state index contributed by atoms with van der Waals surface area (Å²) in [6.07, 6.45) is 0.918. The second-order valence-electron chi connectivity index (χ2n) is 7.46. The SMILES string of the molecule is Cc1cc2oc(=O)cc(COC(=O)C3CCCN3S(=O)(=O)c3ccc(Cl)s3)c2cc1C. The van der Waals surface area contributed by atoms with E-state index in [1.165, 1.54) is 22.5 Å². The molecule has 3 heterocycles. The molecule has 0 radical (unpaired) electrons. The minimum Gasteiger partial charge on any atom is -0.460 e. The van der Waals surface area contributed by atoms with Crippen LogP contribution < -0.4 is 5.63 Å². The number of rotatable bonds is 5. The minimum atomic E-state index is -3.85. The van der Waals surface area contributed by atoms with Crippen LogP contribution in [0, 0.1) is 13.8 Å². The number of halogens is 1. The molecule has 1 saturated heterocycles. The van der Waals surface area contributed by atoms with E-state index in [2.05, 4.69) is 0 Å². The molecular weight excluding hydrogens is 462 g/mol. The summed E-state index contributed by atoms with van der Waals surface area (Å²) in [6, 6.07) is 6.97. The summed E-state index contributed by atoms with van der Waals surface area (Å²) in [7, 11) is -3.85. The number of hydrogen-bond acceptors (Lipinski definition) is 7. The molecule has 1 unspecified atom stereocenters. The fourth-order valence-corrected chi connectivity index (χ4v) is 6.92. The highest BCUT2D eigenvalue weighted by atomic mass is 35.5. The van der Waals surface area contributed by atoms with E-state index >= 15 is 0 Å².